The molecule has 0 heterocycles. The first-order valence-corrected chi connectivity index (χ1v) is 7.24. The van der Waals surface area contributed by atoms with Crippen molar-refractivity contribution in [1.82, 2.24) is 0 Å². The van der Waals surface area contributed by atoms with Gasteiger partial charge in [0, 0.05) is 0 Å². The summed E-state index contributed by atoms with van der Waals surface area (Å²) in [5.74, 6) is 0.469. The highest BCUT2D eigenvalue weighted by Crippen LogP contribution is 2.24. The van der Waals surface area contributed by atoms with Crippen molar-refractivity contribution in [2.75, 3.05) is 12.9 Å². The van der Waals surface area contributed by atoms with E-state index in [9.17, 15) is 8.42 Å². The molecule has 0 aliphatic carbocycles. The molecule has 0 radical (unpaired) electrons. The Hall–Kier alpha value is -1.54. The molecule has 0 amide bonds. The third-order valence-electron chi connectivity index (χ3n) is 2.70. The van der Waals surface area contributed by atoms with Crippen LogP contribution in [0.3, 0.4) is 0 Å². The van der Waals surface area contributed by atoms with Crippen LogP contribution in [0, 0.1) is 16.7 Å². The van der Waals surface area contributed by atoms with Gasteiger partial charge in [-0.05, 0) is 38.5 Å². The zero-order valence-corrected chi connectivity index (χ0v) is 11.6. The second kappa shape index (κ2) is 5.40. The van der Waals surface area contributed by atoms with Gasteiger partial charge in [0.05, 0.1) is 29.2 Å². The molecule has 1 aromatic carbocycles. The Morgan fingerprint density at radius 2 is 2.06 bits per heavy atom. The average molecular weight is 267 g/mol. The SMILES string of the molecule is COc1cccc(S(=O)(=O)CCC(C)(C)C#N)c1. The maximum atomic E-state index is 12.1. The molecule has 0 fully saturated rings. The number of methoxy groups -OCH3 is 1. The van der Waals surface area contributed by atoms with Crippen LogP contribution in [-0.2, 0) is 9.84 Å². The Kier molecular flexibility index (Phi) is 4.36. The Morgan fingerprint density at radius 3 is 2.61 bits per heavy atom. The van der Waals surface area contributed by atoms with E-state index in [4.69, 9.17) is 10.00 Å². The van der Waals surface area contributed by atoms with Gasteiger partial charge >= 0.3 is 0 Å². The van der Waals surface area contributed by atoms with Crippen molar-refractivity contribution in [3.63, 3.8) is 0 Å². The van der Waals surface area contributed by atoms with E-state index in [2.05, 4.69) is 6.07 Å². The largest absolute Gasteiger partial charge is 0.497 e. The van der Waals surface area contributed by atoms with Crippen molar-refractivity contribution in [1.29, 1.82) is 5.26 Å². The molecule has 0 aromatic heterocycles. The van der Waals surface area contributed by atoms with Gasteiger partial charge in [0.25, 0.3) is 0 Å². The minimum Gasteiger partial charge on any atom is -0.497 e. The molecule has 0 bridgehead atoms. The summed E-state index contributed by atoms with van der Waals surface area (Å²) in [4.78, 5) is 0.232. The number of benzene rings is 1. The third-order valence-corrected chi connectivity index (χ3v) is 4.41. The molecule has 0 aliphatic heterocycles. The summed E-state index contributed by atoms with van der Waals surface area (Å²) in [6.07, 6.45) is 0.309. The lowest BCUT2D eigenvalue weighted by atomic mass is 9.93. The summed E-state index contributed by atoms with van der Waals surface area (Å²) < 4.78 is 29.2. The van der Waals surface area contributed by atoms with E-state index in [1.54, 1.807) is 26.0 Å². The first-order chi connectivity index (χ1) is 8.30. The van der Waals surface area contributed by atoms with Crippen LogP contribution in [0.4, 0.5) is 0 Å². The number of nitrogens with zero attached hydrogens (tertiary/aromatic N) is 1. The summed E-state index contributed by atoms with van der Waals surface area (Å²) >= 11 is 0. The van der Waals surface area contributed by atoms with Crippen LogP contribution < -0.4 is 4.74 Å². The summed E-state index contributed by atoms with van der Waals surface area (Å²) in [6, 6.07) is 8.47. The molecule has 0 spiro atoms. The zero-order valence-electron chi connectivity index (χ0n) is 10.8. The Bertz CT molecular complexity index is 556. The molecule has 0 saturated heterocycles. The highest BCUT2D eigenvalue weighted by Gasteiger charge is 2.22. The van der Waals surface area contributed by atoms with E-state index in [1.165, 1.54) is 19.2 Å². The zero-order chi connectivity index (χ0) is 13.8. The molecular formula is C13H17NO3S. The molecule has 98 valence electrons. The van der Waals surface area contributed by atoms with Crippen LogP contribution in [0.5, 0.6) is 5.75 Å². The van der Waals surface area contributed by atoms with Gasteiger partial charge in [0.2, 0.25) is 0 Å². The first kappa shape index (κ1) is 14.5. The lowest BCUT2D eigenvalue weighted by Crippen LogP contribution is -2.16. The minimum atomic E-state index is -3.37. The van der Waals surface area contributed by atoms with Crippen LogP contribution in [0.1, 0.15) is 20.3 Å². The van der Waals surface area contributed by atoms with E-state index in [1.807, 2.05) is 0 Å². The van der Waals surface area contributed by atoms with Gasteiger partial charge in [-0.2, -0.15) is 5.26 Å². The molecule has 5 heteroatoms. The van der Waals surface area contributed by atoms with Gasteiger partial charge in [0.15, 0.2) is 9.84 Å². The fraction of sp³-hybridized carbons (Fsp3) is 0.462. The minimum absolute atomic E-state index is 0.0409. The fourth-order valence-corrected chi connectivity index (χ4v) is 2.95. The van der Waals surface area contributed by atoms with Gasteiger partial charge < -0.3 is 4.74 Å². The normalized spacial score (nSPS) is 11.9. The monoisotopic (exact) mass is 267 g/mol. The highest BCUT2D eigenvalue weighted by molar-refractivity contribution is 7.91. The van der Waals surface area contributed by atoms with Gasteiger partial charge in [-0.3, -0.25) is 0 Å². The van der Waals surface area contributed by atoms with Gasteiger partial charge in [0.1, 0.15) is 5.75 Å². The second-order valence-corrected chi connectivity index (χ2v) is 6.85. The average Bonchev–Trinajstić information content (AvgIpc) is 2.37. The molecule has 0 aliphatic rings. The van der Waals surface area contributed by atoms with E-state index >= 15 is 0 Å². The Balaban J connectivity index is 2.90. The lowest BCUT2D eigenvalue weighted by molar-refractivity contribution is 0.413. The van der Waals surface area contributed by atoms with Crippen molar-refractivity contribution in [2.45, 2.75) is 25.2 Å². The van der Waals surface area contributed by atoms with Gasteiger partial charge in [-0.1, -0.05) is 6.07 Å². The van der Waals surface area contributed by atoms with Crippen molar-refractivity contribution >= 4 is 9.84 Å². The molecule has 0 atom stereocenters. The second-order valence-electron chi connectivity index (χ2n) is 4.74. The van der Waals surface area contributed by atoms with Crippen LogP contribution in [0.25, 0.3) is 0 Å². The summed E-state index contributed by atoms with van der Waals surface area (Å²) in [7, 11) is -1.88. The van der Waals surface area contributed by atoms with E-state index in [0.29, 0.717) is 12.2 Å². The Morgan fingerprint density at radius 1 is 1.39 bits per heavy atom. The maximum absolute atomic E-state index is 12.1. The third kappa shape index (κ3) is 3.74. The standard InChI is InChI=1S/C13H17NO3S/c1-13(2,10-14)7-8-18(15,16)12-6-4-5-11(9-12)17-3/h4-6,9H,7-8H2,1-3H3. The summed E-state index contributed by atoms with van der Waals surface area (Å²) in [5.41, 5.74) is -0.633. The number of hydrogen-bond donors (Lipinski definition) is 0. The number of nitriles is 1. The summed E-state index contributed by atoms with van der Waals surface area (Å²) in [6.45, 7) is 3.46. The first-order valence-electron chi connectivity index (χ1n) is 5.59. The molecular weight excluding hydrogens is 250 g/mol. The van der Waals surface area contributed by atoms with Crippen LogP contribution in [0.2, 0.25) is 0 Å². The molecule has 0 unspecified atom stereocenters. The maximum Gasteiger partial charge on any atom is 0.178 e. The number of sulfone groups is 1. The molecule has 0 saturated carbocycles. The lowest BCUT2D eigenvalue weighted by Gasteiger charge is -2.14. The van der Waals surface area contributed by atoms with E-state index in [0.717, 1.165) is 0 Å². The highest BCUT2D eigenvalue weighted by atomic mass is 32.2. The predicted octanol–water partition coefficient (Wildman–Crippen LogP) is 2.41. The van der Waals surface area contributed by atoms with Crippen molar-refractivity contribution in [3.05, 3.63) is 24.3 Å². The van der Waals surface area contributed by atoms with Crippen LogP contribution in [0.15, 0.2) is 29.2 Å². The topological polar surface area (TPSA) is 67.2 Å². The molecule has 4 nitrogen and oxygen atoms in total. The summed E-state index contributed by atoms with van der Waals surface area (Å²) in [5, 5.41) is 8.88. The number of ether oxygens (including phenoxy) is 1. The van der Waals surface area contributed by atoms with Crippen LogP contribution >= 0.6 is 0 Å². The molecule has 1 aromatic rings. The molecule has 18 heavy (non-hydrogen) atoms. The number of hydrogen-bond acceptors (Lipinski definition) is 4. The predicted molar refractivity (Wildman–Crippen MR) is 69.1 cm³/mol. The Labute approximate surface area is 108 Å². The number of rotatable bonds is 5. The van der Waals surface area contributed by atoms with E-state index in [-0.39, 0.29) is 10.6 Å². The molecule has 1 rings (SSSR count). The molecule has 0 N–H and O–H groups in total. The van der Waals surface area contributed by atoms with Crippen LogP contribution in [-0.4, -0.2) is 21.3 Å². The van der Waals surface area contributed by atoms with Crippen molar-refractivity contribution < 1.29 is 13.2 Å². The van der Waals surface area contributed by atoms with Crippen molar-refractivity contribution in [3.8, 4) is 11.8 Å². The van der Waals surface area contributed by atoms with Gasteiger partial charge in [-0.25, -0.2) is 8.42 Å². The van der Waals surface area contributed by atoms with Crippen molar-refractivity contribution in [2.24, 2.45) is 5.41 Å². The smallest absolute Gasteiger partial charge is 0.178 e. The van der Waals surface area contributed by atoms with Gasteiger partial charge in [-0.15, -0.1) is 0 Å². The van der Waals surface area contributed by atoms with E-state index < -0.39 is 15.3 Å². The fourth-order valence-electron chi connectivity index (χ4n) is 1.36. The quantitative estimate of drug-likeness (QED) is 0.821.